The molecule has 1 saturated heterocycles. The molecule has 1 aromatic rings. The number of nitrogens with two attached hydrogens (primary N) is 1. The van der Waals surface area contributed by atoms with Crippen LogP contribution in [0.3, 0.4) is 0 Å². The van der Waals surface area contributed by atoms with Gasteiger partial charge in [-0.25, -0.2) is 4.98 Å². The molecule has 0 aliphatic carbocycles. The molecule has 2 heterocycles. The van der Waals surface area contributed by atoms with Crippen molar-refractivity contribution < 1.29 is 4.79 Å². The first-order valence-corrected chi connectivity index (χ1v) is 7.42. The van der Waals surface area contributed by atoms with E-state index in [2.05, 4.69) is 15.6 Å². The third kappa shape index (κ3) is 3.57. The molecule has 7 heteroatoms. The smallest absolute Gasteiger partial charge is 0.267 e. The lowest BCUT2D eigenvalue weighted by molar-refractivity contribution is 0.0772. The van der Waals surface area contributed by atoms with Crippen molar-refractivity contribution in [3.8, 4) is 0 Å². The second-order valence-electron chi connectivity index (χ2n) is 4.93. The number of hydrogen-bond acceptors (Lipinski definition) is 6. The Hall–Kier alpha value is -1.34. The molecule has 0 atom stereocenters. The monoisotopic (exact) mass is 283 g/mol. The molecule has 0 aromatic carbocycles. The van der Waals surface area contributed by atoms with Gasteiger partial charge in [0, 0.05) is 25.7 Å². The van der Waals surface area contributed by atoms with E-state index in [1.165, 1.54) is 11.3 Å². The Balaban J connectivity index is 2.11. The molecule has 19 heavy (non-hydrogen) atoms. The van der Waals surface area contributed by atoms with E-state index in [1.54, 1.807) is 0 Å². The largest absolute Gasteiger partial charge is 0.382 e. The van der Waals surface area contributed by atoms with Gasteiger partial charge in [-0.15, -0.1) is 0 Å². The summed E-state index contributed by atoms with van der Waals surface area (Å²) >= 11 is 1.34. The van der Waals surface area contributed by atoms with Crippen LogP contribution in [0.5, 0.6) is 0 Å². The van der Waals surface area contributed by atoms with Crippen LogP contribution in [0.1, 0.15) is 29.9 Å². The van der Waals surface area contributed by atoms with Gasteiger partial charge in [-0.1, -0.05) is 11.3 Å². The summed E-state index contributed by atoms with van der Waals surface area (Å²) in [6.45, 7) is 7.35. The van der Waals surface area contributed by atoms with Crippen LogP contribution in [0.2, 0.25) is 0 Å². The first-order chi connectivity index (χ1) is 9.08. The molecule has 0 bridgehead atoms. The van der Waals surface area contributed by atoms with Gasteiger partial charge in [0.05, 0.1) is 0 Å². The molecule has 106 valence electrons. The molecule has 6 nitrogen and oxygen atoms in total. The maximum absolute atomic E-state index is 12.4. The minimum absolute atomic E-state index is 0.00416. The van der Waals surface area contributed by atoms with Crippen molar-refractivity contribution in [2.75, 3.05) is 37.2 Å². The van der Waals surface area contributed by atoms with E-state index < -0.39 is 0 Å². The average Bonchev–Trinajstić information content (AvgIpc) is 2.57. The number of anilines is 2. The van der Waals surface area contributed by atoms with Crippen molar-refractivity contribution in [2.45, 2.75) is 26.3 Å². The average molecular weight is 283 g/mol. The minimum Gasteiger partial charge on any atom is -0.382 e. The fourth-order valence-electron chi connectivity index (χ4n) is 1.99. The highest BCUT2D eigenvalue weighted by Gasteiger charge is 2.22. The molecular weight excluding hydrogens is 262 g/mol. The van der Waals surface area contributed by atoms with Crippen molar-refractivity contribution >= 4 is 28.2 Å². The molecule has 4 N–H and O–H groups in total. The maximum atomic E-state index is 12.4. The van der Waals surface area contributed by atoms with Crippen LogP contribution in [0.25, 0.3) is 0 Å². The lowest BCUT2D eigenvalue weighted by Crippen LogP contribution is -2.34. The van der Waals surface area contributed by atoms with Crippen LogP contribution < -0.4 is 16.4 Å². The summed E-state index contributed by atoms with van der Waals surface area (Å²) in [5.41, 5.74) is 5.86. The maximum Gasteiger partial charge on any atom is 0.267 e. The molecule has 0 spiro atoms. The zero-order valence-electron chi connectivity index (χ0n) is 11.4. The lowest BCUT2D eigenvalue weighted by atomic mass is 10.3. The number of aromatic nitrogens is 1. The summed E-state index contributed by atoms with van der Waals surface area (Å²) in [6.07, 6.45) is 0.974. The van der Waals surface area contributed by atoms with Gasteiger partial charge in [-0.05, 0) is 26.8 Å². The summed E-state index contributed by atoms with van der Waals surface area (Å²) in [5.74, 6) is 0.325. The molecule has 1 fully saturated rings. The highest BCUT2D eigenvalue weighted by Crippen LogP contribution is 2.27. The highest BCUT2D eigenvalue weighted by atomic mass is 32.1. The Morgan fingerprint density at radius 2 is 2.26 bits per heavy atom. The topological polar surface area (TPSA) is 83.3 Å². The zero-order valence-corrected chi connectivity index (χ0v) is 12.2. The molecule has 1 aliphatic rings. The van der Waals surface area contributed by atoms with Gasteiger partial charge in [-0.2, -0.15) is 0 Å². The third-order valence-corrected chi connectivity index (χ3v) is 3.88. The summed E-state index contributed by atoms with van der Waals surface area (Å²) < 4.78 is 0. The van der Waals surface area contributed by atoms with E-state index in [9.17, 15) is 4.79 Å². The van der Waals surface area contributed by atoms with E-state index >= 15 is 0 Å². The lowest BCUT2D eigenvalue weighted by Gasteiger charge is -2.18. The Morgan fingerprint density at radius 3 is 3.00 bits per heavy atom. The van der Waals surface area contributed by atoms with E-state index in [0.717, 1.165) is 32.6 Å². The predicted octanol–water partition coefficient (Wildman–Crippen LogP) is 0.981. The van der Waals surface area contributed by atoms with Gasteiger partial charge >= 0.3 is 0 Å². The van der Waals surface area contributed by atoms with Gasteiger partial charge < -0.3 is 21.3 Å². The fourth-order valence-corrected chi connectivity index (χ4v) is 2.98. The summed E-state index contributed by atoms with van der Waals surface area (Å²) in [6, 6.07) is 0.274. The third-order valence-electron chi connectivity index (χ3n) is 2.89. The van der Waals surface area contributed by atoms with Crippen LogP contribution in [-0.4, -0.2) is 48.0 Å². The van der Waals surface area contributed by atoms with Crippen LogP contribution in [-0.2, 0) is 0 Å². The summed E-state index contributed by atoms with van der Waals surface area (Å²) in [7, 11) is 0. The Kier molecular flexibility index (Phi) is 4.60. The Labute approximate surface area is 117 Å². The normalized spacial score (nSPS) is 16.5. The fraction of sp³-hybridized carbons (Fsp3) is 0.667. The Morgan fingerprint density at radius 1 is 1.47 bits per heavy atom. The quantitative estimate of drug-likeness (QED) is 0.770. The van der Waals surface area contributed by atoms with Crippen molar-refractivity contribution in [3.05, 3.63) is 4.88 Å². The predicted molar refractivity (Wildman–Crippen MR) is 78.7 cm³/mol. The summed E-state index contributed by atoms with van der Waals surface area (Å²) in [4.78, 5) is 19.0. The van der Waals surface area contributed by atoms with Crippen LogP contribution in [0, 0.1) is 0 Å². The highest BCUT2D eigenvalue weighted by molar-refractivity contribution is 7.18. The van der Waals surface area contributed by atoms with Crippen LogP contribution in [0.15, 0.2) is 0 Å². The zero-order chi connectivity index (χ0) is 13.8. The van der Waals surface area contributed by atoms with E-state index in [1.807, 2.05) is 18.7 Å². The van der Waals surface area contributed by atoms with Crippen LogP contribution >= 0.6 is 11.3 Å². The van der Waals surface area contributed by atoms with Crippen molar-refractivity contribution in [1.82, 2.24) is 15.2 Å². The SMILES string of the molecule is CC(C)Nc1nc(N)c(C(=O)N2CCCNCC2)s1. The van der Waals surface area contributed by atoms with Crippen molar-refractivity contribution in [3.63, 3.8) is 0 Å². The molecule has 2 rings (SSSR count). The molecule has 0 saturated carbocycles. The first-order valence-electron chi connectivity index (χ1n) is 6.60. The number of amides is 1. The minimum atomic E-state index is -0.00416. The summed E-state index contributed by atoms with van der Waals surface area (Å²) in [5, 5.41) is 7.17. The molecule has 0 radical (unpaired) electrons. The van der Waals surface area contributed by atoms with Crippen molar-refractivity contribution in [2.24, 2.45) is 0 Å². The van der Waals surface area contributed by atoms with Gasteiger partial charge in [0.25, 0.3) is 5.91 Å². The number of carbonyl (C=O) groups is 1. The van der Waals surface area contributed by atoms with Gasteiger partial charge in [0.15, 0.2) is 5.13 Å². The molecular formula is C12H21N5OS. The number of rotatable bonds is 3. The number of nitrogens with zero attached hydrogens (tertiary/aromatic N) is 2. The number of thiazole rings is 1. The standard InChI is InChI=1S/C12H21N5OS/c1-8(2)15-12-16-10(13)9(19-12)11(18)17-6-3-4-14-5-7-17/h8,14H,3-7,13H2,1-2H3,(H,15,16). The van der Waals surface area contributed by atoms with Crippen LogP contribution in [0.4, 0.5) is 10.9 Å². The van der Waals surface area contributed by atoms with E-state index in [0.29, 0.717) is 15.8 Å². The number of hydrogen-bond donors (Lipinski definition) is 3. The van der Waals surface area contributed by atoms with E-state index in [4.69, 9.17) is 5.73 Å². The molecule has 1 aliphatic heterocycles. The molecule has 1 aromatic heterocycles. The number of nitrogen functional groups attached to an aromatic ring is 1. The van der Waals surface area contributed by atoms with Gasteiger partial charge in [0.2, 0.25) is 0 Å². The first kappa shape index (κ1) is 14.1. The van der Waals surface area contributed by atoms with Crippen molar-refractivity contribution in [1.29, 1.82) is 0 Å². The second kappa shape index (κ2) is 6.21. The number of nitrogens with one attached hydrogen (secondary N) is 2. The number of carbonyl (C=O) groups excluding carboxylic acids is 1. The molecule has 1 amide bonds. The van der Waals surface area contributed by atoms with Gasteiger partial charge in [0.1, 0.15) is 10.7 Å². The Bertz CT molecular complexity index is 437. The van der Waals surface area contributed by atoms with Gasteiger partial charge in [-0.3, -0.25) is 4.79 Å². The second-order valence-corrected chi connectivity index (χ2v) is 5.93. The van der Waals surface area contributed by atoms with E-state index in [-0.39, 0.29) is 11.9 Å². The molecule has 0 unspecified atom stereocenters.